The quantitative estimate of drug-likeness (QED) is 0.611. The fourth-order valence-electron chi connectivity index (χ4n) is 0.867. The largest absolute Gasteiger partial charge is 0.271 e. The van der Waals surface area contributed by atoms with Crippen molar-refractivity contribution in [2.45, 2.75) is 4.90 Å². The SMILES string of the molecule is CS(=O)(=O)c1cc(Br)cc([N+](=O)[O-])c1. The van der Waals surface area contributed by atoms with Gasteiger partial charge >= 0.3 is 0 Å². The molecule has 1 aromatic rings. The molecule has 0 fully saturated rings. The third kappa shape index (κ3) is 2.52. The Kier molecular flexibility index (Phi) is 2.91. The van der Waals surface area contributed by atoms with Crippen LogP contribution in [0.5, 0.6) is 0 Å². The third-order valence-corrected chi connectivity index (χ3v) is 3.04. The summed E-state index contributed by atoms with van der Waals surface area (Å²) in [6.07, 6.45) is 0.999. The Morgan fingerprint density at radius 3 is 2.36 bits per heavy atom. The molecule has 14 heavy (non-hydrogen) atoms. The molecule has 5 nitrogen and oxygen atoms in total. The molecule has 0 spiro atoms. The fraction of sp³-hybridized carbons (Fsp3) is 0.143. The molecule has 0 unspecified atom stereocenters. The molecule has 7 heteroatoms. The van der Waals surface area contributed by atoms with E-state index in [0.29, 0.717) is 4.47 Å². The van der Waals surface area contributed by atoms with Crippen molar-refractivity contribution in [1.82, 2.24) is 0 Å². The summed E-state index contributed by atoms with van der Waals surface area (Å²) in [5.74, 6) is 0. The molecule has 0 saturated carbocycles. The van der Waals surface area contributed by atoms with Crippen LogP contribution in [0, 0.1) is 10.1 Å². The second-order valence-corrected chi connectivity index (χ2v) is 5.61. The fourth-order valence-corrected chi connectivity index (χ4v) is 2.18. The average Bonchev–Trinajstić information content (AvgIpc) is 2.01. The Labute approximate surface area is 88.9 Å². The van der Waals surface area contributed by atoms with Gasteiger partial charge in [-0.2, -0.15) is 0 Å². The molecule has 0 saturated heterocycles. The van der Waals surface area contributed by atoms with Crippen molar-refractivity contribution in [3.63, 3.8) is 0 Å². The van der Waals surface area contributed by atoms with Gasteiger partial charge < -0.3 is 0 Å². The minimum absolute atomic E-state index is 0.0708. The first-order valence-corrected chi connectivity index (χ1v) is 6.14. The molecule has 0 N–H and O–H groups in total. The van der Waals surface area contributed by atoms with Crippen molar-refractivity contribution in [3.8, 4) is 0 Å². The van der Waals surface area contributed by atoms with Crippen LogP contribution in [0.4, 0.5) is 5.69 Å². The van der Waals surface area contributed by atoms with Gasteiger partial charge in [0.25, 0.3) is 5.69 Å². The summed E-state index contributed by atoms with van der Waals surface area (Å²) in [6, 6.07) is 3.59. The van der Waals surface area contributed by atoms with Gasteiger partial charge in [-0.25, -0.2) is 8.42 Å². The van der Waals surface area contributed by atoms with E-state index < -0.39 is 14.8 Å². The van der Waals surface area contributed by atoms with Gasteiger partial charge in [0.2, 0.25) is 0 Å². The van der Waals surface area contributed by atoms with Gasteiger partial charge in [0.05, 0.1) is 9.82 Å². The Morgan fingerprint density at radius 2 is 1.93 bits per heavy atom. The van der Waals surface area contributed by atoms with E-state index in [2.05, 4.69) is 15.9 Å². The maximum atomic E-state index is 11.1. The molecule has 0 aliphatic carbocycles. The predicted octanol–water partition coefficient (Wildman–Crippen LogP) is 1.76. The molecule has 0 heterocycles. The summed E-state index contributed by atoms with van der Waals surface area (Å²) in [5.41, 5.74) is -0.250. The summed E-state index contributed by atoms with van der Waals surface area (Å²) in [4.78, 5) is 9.71. The highest BCUT2D eigenvalue weighted by molar-refractivity contribution is 9.10. The molecule has 0 atom stereocenters. The molecule has 1 rings (SSSR count). The smallest absolute Gasteiger partial charge is 0.258 e. The van der Waals surface area contributed by atoms with Crippen LogP contribution in [0.3, 0.4) is 0 Å². The van der Waals surface area contributed by atoms with Crippen LogP contribution in [-0.2, 0) is 9.84 Å². The van der Waals surface area contributed by atoms with E-state index in [1.165, 1.54) is 12.1 Å². The normalized spacial score (nSPS) is 11.3. The van der Waals surface area contributed by atoms with Gasteiger partial charge in [-0.1, -0.05) is 15.9 Å². The zero-order chi connectivity index (χ0) is 10.9. The molecule has 0 amide bonds. The first-order chi connectivity index (χ1) is 6.30. The zero-order valence-electron chi connectivity index (χ0n) is 7.10. The number of benzene rings is 1. The Balaban J connectivity index is 3.43. The van der Waals surface area contributed by atoms with Crippen molar-refractivity contribution in [1.29, 1.82) is 0 Å². The molecule has 0 radical (unpaired) electrons. The van der Waals surface area contributed by atoms with E-state index in [1.54, 1.807) is 0 Å². The van der Waals surface area contributed by atoms with E-state index in [-0.39, 0.29) is 10.6 Å². The highest BCUT2D eigenvalue weighted by atomic mass is 79.9. The highest BCUT2D eigenvalue weighted by Crippen LogP contribution is 2.23. The minimum atomic E-state index is -3.42. The van der Waals surface area contributed by atoms with Gasteiger partial charge in [-0.3, -0.25) is 10.1 Å². The van der Waals surface area contributed by atoms with E-state index >= 15 is 0 Å². The second kappa shape index (κ2) is 3.66. The van der Waals surface area contributed by atoms with Crippen molar-refractivity contribution in [2.75, 3.05) is 6.26 Å². The molecule has 0 aliphatic rings. The predicted molar refractivity (Wildman–Crippen MR) is 53.9 cm³/mol. The maximum Gasteiger partial charge on any atom is 0.271 e. The van der Waals surface area contributed by atoms with Crippen molar-refractivity contribution in [3.05, 3.63) is 32.8 Å². The summed E-state index contributed by atoms with van der Waals surface area (Å²) in [7, 11) is -3.42. The van der Waals surface area contributed by atoms with Crippen LogP contribution >= 0.6 is 15.9 Å². The molecule has 0 bridgehead atoms. The number of halogens is 1. The lowest BCUT2D eigenvalue weighted by atomic mass is 10.3. The lowest BCUT2D eigenvalue weighted by Crippen LogP contribution is -1.98. The van der Waals surface area contributed by atoms with Crippen LogP contribution in [0.2, 0.25) is 0 Å². The van der Waals surface area contributed by atoms with E-state index in [9.17, 15) is 18.5 Å². The Morgan fingerprint density at radius 1 is 1.36 bits per heavy atom. The Hall–Kier alpha value is -0.950. The topological polar surface area (TPSA) is 77.3 Å². The number of nitro groups is 1. The lowest BCUT2D eigenvalue weighted by molar-refractivity contribution is -0.385. The second-order valence-electron chi connectivity index (χ2n) is 2.67. The summed E-state index contributed by atoms with van der Waals surface area (Å²) < 4.78 is 22.6. The minimum Gasteiger partial charge on any atom is -0.258 e. The third-order valence-electron chi connectivity index (χ3n) is 1.50. The standard InChI is InChI=1S/C7H6BrNO4S/c1-14(12,13)7-3-5(8)2-6(4-7)9(10)11/h2-4H,1H3. The molecule has 76 valence electrons. The van der Waals surface area contributed by atoms with Gasteiger partial charge in [0.15, 0.2) is 9.84 Å². The highest BCUT2D eigenvalue weighted by Gasteiger charge is 2.14. The van der Waals surface area contributed by atoms with Crippen molar-refractivity contribution >= 4 is 31.5 Å². The van der Waals surface area contributed by atoms with Gasteiger partial charge in [0, 0.05) is 22.9 Å². The maximum absolute atomic E-state index is 11.1. The van der Waals surface area contributed by atoms with Crippen LogP contribution in [0.25, 0.3) is 0 Å². The molecular formula is C7H6BrNO4S. The van der Waals surface area contributed by atoms with E-state index in [0.717, 1.165) is 12.3 Å². The van der Waals surface area contributed by atoms with Crippen LogP contribution in [0.15, 0.2) is 27.6 Å². The monoisotopic (exact) mass is 279 g/mol. The number of nitro benzene ring substituents is 1. The van der Waals surface area contributed by atoms with E-state index in [1.807, 2.05) is 0 Å². The number of rotatable bonds is 2. The molecule has 1 aromatic carbocycles. The lowest BCUT2D eigenvalue weighted by Gasteiger charge is -1.99. The number of sulfone groups is 1. The number of non-ortho nitro benzene ring substituents is 1. The number of hydrogen-bond donors (Lipinski definition) is 0. The van der Waals surface area contributed by atoms with Gasteiger partial charge in [-0.05, 0) is 6.07 Å². The number of nitrogens with zero attached hydrogens (tertiary/aromatic N) is 1. The molecule has 0 aliphatic heterocycles. The first-order valence-electron chi connectivity index (χ1n) is 3.46. The summed E-state index contributed by atoms with van der Waals surface area (Å²) in [6.45, 7) is 0. The summed E-state index contributed by atoms with van der Waals surface area (Å²) in [5, 5.41) is 10.4. The zero-order valence-corrected chi connectivity index (χ0v) is 9.50. The van der Waals surface area contributed by atoms with E-state index in [4.69, 9.17) is 0 Å². The van der Waals surface area contributed by atoms with Crippen molar-refractivity contribution < 1.29 is 13.3 Å². The van der Waals surface area contributed by atoms with Crippen LogP contribution < -0.4 is 0 Å². The molecular weight excluding hydrogens is 274 g/mol. The molecule has 0 aromatic heterocycles. The first kappa shape index (κ1) is 11.1. The average molecular weight is 280 g/mol. The summed E-state index contributed by atoms with van der Waals surface area (Å²) >= 11 is 3.00. The van der Waals surface area contributed by atoms with Crippen LogP contribution in [-0.4, -0.2) is 19.6 Å². The van der Waals surface area contributed by atoms with Crippen molar-refractivity contribution in [2.24, 2.45) is 0 Å². The Bertz CT molecular complexity index is 482. The number of hydrogen-bond acceptors (Lipinski definition) is 4. The van der Waals surface area contributed by atoms with Crippen LogP contribution in [0.1, 0.15) is 0 Å². The van der Waals surface area contributed by atoms with Gasteiger partial charge in [0.1, 0.15) is 0 Å². The van der Waals surface area contributed by atoms with Gasteiger partial charge in [-0.15, -0.1) is 0 Å².